The van der Waals surface area contributed by atoms with E-state index in [1.165, 1.54) is 6.92 Å². The van der Waals surface area contributed by atoms with Crippen molar-refractivity contribution in [3.8, 4) is 5.75 Å². The molecule has 0 aliphatic heterocycles. The number of amides is 1. The quantitative estimate of drug-likeness (QED) is 0.572. The average Bonchev–Trinajstić information content (AvgIpc) is 2.46. The van der Waals surface area contributed by atoms with Crippen LogP contribution in [-0.2, 0) is 11.3 Å². The van der Waals surface area contributed by atoms with Gasteiger partial charge in [0.05, 0.1) is 6.61 Å². The molecule has 0 radical (unpaired) electrons. The van der Waals surface area contributed by atoms with Crippen molar-refractivity contribution in [1.82, 2.24) is 0 Å². The number of aromatic nitrogens is 1. The van der Waals surface area contributed by atoms with Crippen molar-refractivity contribution < 1.29 is 26.5 Å². The first-order valence-electron chi connectivity index (χ1n) is 6.68. The minimum Gasteiger partial charge on any atom is -1.00 e. The molecule has 0 fully saturated rings. The Morgan fingerprint density at radius 2 is 1.81 bits per heavy atom. The van der Waals surface area contributed by atoms with E-state index in [-0.39, 0.29) is 18.3 Å². The summed E-state index contributed by atoms with van der Waals surface area (Å²) in [5.41, 5.74) is 0.782. The highest BCUT2D eigenvalue weighted by Crippen LogP contribution is 2.15. The van der Waals surface area contributed by atoms with E-state index in [4.69, 9.17) is 4.74 Å². The third kappa shape index (κ3) is 6.27. The van der Waals surface area contributed by atoms with Crippen molar-refractivity contribution in [1.29, 1.82) is 0 Å². The molecule has 4 nitrogen and oxygen atoms in total. The lowest BCUT2D eigenvalue weighted by Crippen LogP contribution is -3.00. The van der Waals surface area contributed by atoms with Gasteiger partial charge in [0.1, 0.15) is 5.75 Å². The summed E-state index contributed by atoms with van der Waals surface area (Å²) in [6, 6.07) is 13.4. The Labute approximate surface area is 131 Å². The van der Waals surface area contributed by atoms with Gasteiger partial charge in [-0.25, -0.2) is 4.57 Å². The Kier molecular flexibility index (Phi) is 7.26. The molecule has 112 valence electrons. The molecule has 0 bridgehead atoms. The van der Waals surface area contributed by atoms with Gasteiger partial charge in [0.2, 0.25) is 5.91 Å². The molecule has 0 saturated heterocycles. The van der Waals surface area contributed by atoms with Gasteiger partial charge in [-0.15, -0.1) is 0 Å². The smallest absolute Gasteiger partial charge is 0.221 e. The molecule has 1 aromatic heterocycles. The predicted molar refractivity (Wildman–Crippen MR) is 77.5 cm³/mol. The monoisotopic (exact) mass is 306 g/mol. The number of aryl methyl sites for hydroxylation is 1. The molecule has 0 unspecified atom stereocenters. The summed E-state index contributed by atoms with van der Waals surface area (Å²) < 4.78 is 7.79. The highest BCUT2D eigenvalue weighted by atomic mass is 35.5. The first kappa shape index (κ1) is 17.0. The molecule has 0 aliphatic carbocycles. The zero-order valence-electron chi connectivity index (χ0n) is 12.0. The number of hydrogen-bond acceptors (Lipinski definition) is 2. The average molecular weight is 307 g/mol. The maximum atomic E-state index is 10.9. The van der Waals surface area contributed by atoms with Crippen LogP contribution in [0.2, 0.25) is 0 Å². The number of carbonyl (C=O) groups is 1. The number of anilines is 1. The summed E-state index contributed by atoms with van der Waals surface area (Å²) in [7, 11) is 0. The third-order valence-corrected chi connectivity index (χ3v) is 2.78. The molecule has 1 amide bonds. The molecule has 0 atom stereocenters. The van der Waals surface area contributed by atoms with Gasteiger partial charge >= 0.3 is 0 Å². The fourth-order valence-electron chi connectivity index (χ4n) is 1.86. The number of halogens is 1. The number of rotatable bonds is 6. The van der Waals surface area contributed by atoms with E-state index in [0.717, 1.165) is 24.4 Å². The lowest BCUT2D eigenvalue weighted by atomic mass is 10.3. The van der Waals surface area contributed by atoms with Crippen LogP contribution in [0.3, 0.4) is 0 Å². The molecule has 2 aromatic rings. The van der Waals surface area contributed by atoms with Crippen LogP contribution in [0, 0.1) is 0 Å². The maximum absolute atomic E-state index is 10.9. The van der Waals surface area contributed by atoms with E-state index in [1.807, 2.05) is 54.9 Å². The second-order valence-corrected chi connectivity index (χ2v) is 4.52. The normalized spacial score (nSPS) is 9.57. The highest BCUT2D eigenvalue weighted by Gasteiger charge is 2.00. The van der Waals surface area contributed by atoms with Gasteiger partial charge in [-0.1, -0.05) is 6.07 Å². The molecular formula is C16H19ClN2O2. The Hall–Kier alpha value is -2.07. The van der Waals surface area contributed by atoms with Crippen molar-refractivity contribution in [2.24, 2.45) is 0 Å². The van der Waals surface area contributed by atoms with Gasteiger partial charge in [0, 0.05) is 31.2 Å². The van der Waals surface area contributed by atoms with Gasteiger partial charge in [-0.05, 0) is 24.3 Å². The van der Waals surface area contributed by atoms with Crippen LogP contribution >= 0.6 is 0 Å². The number of nitrogens with zero attached hydrogens (tertiary/aromatic N) is 1. The molecule has 2 rings (SSSR count). The van der Waals surface area contributed by atoms with E-state index >= 15 is 0 Å². The molecule has 21 heavy (non-hydrogen) atoms. The molecule has 1 heterocycles. The highest BCUT2D eigenvalue weighted by molar-refractivity contribution is 5.88. The second kappa shape index (κ2) is 8.97. The summed E-state index contributed by atoms with van der Waals surface area (Å²) >= 11 is 0. The first-order chi connectivity index (χ1) is 9.74. The van der Waals surface area contributed by atoms with E-state index in [1.54, 1.807) is 0 Å². The first-order valence-corrected chi connectivity index (χ1v) is 6.68. The van der Waals surface area contributed by atoms with Crippen molar-refractivity contribution in [2.75, 3.05) is 11.9 Å². The molecule has 5 heteroatoms. The van der Waals surface area contributed by atoms with Gasteiger partial charge in [-0.2, -0.15) is 0 Å². The number of carbonyl (C=O) groups excluding carboxylic acids is 1. The Balaban J connectivity index is 0.00000220. The SMILES string of the molecule is CC(=O)Nc1ccc(OCCC[n+]2ccccc2)cc1.[Cl-]. The number of hydrogen-bond donors (Lipinski definition) is 1. The Morgan fingerprint density at radius 3 is 2.43 bits per heavy atom. The zero-order valence-corrected chi connectivity index (χ0v) is 12.7. The fraction of sp³-hybridized carbons (Fsp3) is 0.250. The molecule has 1 aromatic carbocycles. The lowest BCUT2D eigenvalue weighted by molar-refractivity contribution is -0.697. The van der Waals surface area contributed by atoms with Crippen molar-refractivity contribution in [3.05, 3.63) is 54.9 Å². The molecule has 0 saturated carbocycles. The summed E-state index contributed by atoms with van der Waals surface area (Å²) in [6.07, 6.45) is 5.03. The minimum absolute atomic E-state index is 0. The molecule has 0 spiro atoms. The summed E-state index contributed by atoms with van der Waals surface area (Å²) in [5, 5.41) is 2.72. The number of pyridine rings is 1. The number of ether oxygens (including phenoxy) is 1. The zero-order chi connectivity index (χ0) is 14.2. The topological polar surface area (TPSA) is 42.2 Å². The van der Waals surface area contributed by atoms with Gasteiger partial charge < -0.3 is 22.5 Å². The molecular weight excluding hydrogens is 288 g/mol. The van der Waals surface area contributed by atoms with Crippen LogP contribution in [0.1, 0.15) is 13.3 Å². The Morgan fingerprint density at radius 1 is 1.14 bits per heavy atom. The predicted octanol–water partition coefficient (Wildman–Crippen LogP) is -0.594. The molecule has 1 N–H and O–H groups in total. The van der Waals surface area contributed by atoms with Crippen LogP contribution in [0.5, 0.6) is 5.75 Å². The standard InChI is InChI=1S/C16H18N2O2.ClH/c1-14(19)17-15-6-8-16(9-7-15)20-13-5-12-18-10-3-2-4-11-18;/h2-4,6-11H,5,12-13H2,1H3;1H. The summed E-state index contributed by atoms with van der Waals surface area (Å²) in [6.45, 7) is 3.10. The number of nitrogens with one attached hydrogen (secondary N) is 1. The number of benzene rings is 1. The van der Waals surface area contributed by atoms with Gasteiger partial charge in [0.15, 0.2) is 18.9 Å². The summed E-state index contributed by atoms with van der Waals surface area (Å²) in [4.78, 5) is 10.9. The van der Waals surface area contributed by atoms with Gasteiger partial charge in [0.25, 0.3) is 0 Å². The largest absolute Gasteiger partial charge is 1.00 e. The second-order valence-electron chi connectivity index (χ2n) is 4.52. The lowest BCUT2D eigenvalue weighted by Gasteiger charge is -2.06. The fourth-order valence-corrected chi connectivity index (χ4v) is 1.86. The maximum Gasteiger partial charge on any atom is 0.221 e. The Bertz CT molecular complexity index is 544. The van der Waals surface area contributed by atoms with Crippen LogP contribution in [0.4, 0.5) is 5.69 Å². The van der Waals surface area contributed by atoms with Gasteiger partial charge in [-0.3, -0.25) is 4.79 Å². The third-order valence-electron chi connectivity index (χ3n) is 2.78. The van der Waals surface area contributed by atoms with E-state index in [9.17, 15) is 4.79 Å². The summed E-state index contributed by atoms with van der Waals surface area (Å²) in [5.74, 6) is 0.746. The molecule has 0 aliphatic rings. The van der Waals surface area contributed by atoms with Crippen molar-refractivity contribution >= 4 is 11.6 Å². The van der Waals surface area contributed by atoms with Crippen molar-refractivity contribution in [2.45, 2.75) is 19.9 Å². The van der Waals surface area contributed by atoms with E-state index < -0.39 is 0 Å². The van der Waals surface area contributed by atoms with Crippen molar-refractivity contribution in [3.63, 3.8) is 0 Å². The van der Waals surface area contributed by atoms with Crippen LogP contribution < -0.4 is 27.0 Å². The van der Waals surface area contributed by atoms with Crippen LogP contribution in [-0.4, -0.2) is 12.5 Å². The minimum atomic E-state index is -0.0708. The van der Waals surface area contributed by atoms with Crippen LogP contribution in [0.15, 0.2) is 54.9 Å². The van der Waals surface area contributed by atoms with E-state index in [0.29, 0.717) is 6.61 Å². The van der Waals surface area contributed by atoms with E-state index in [2.05, 4.69) is 9.88 Å². The van der Waals surface area contributed by atoms with Crippen LogP contribution in [0.25, 0.3) is 0 Å².